The summed E-state index contributed by atoms with van der Waals surface area (Å²) in [6.45, 7) is 8.12. The zero-order chi connectivity index (χ0) is 24.6. The van der Waals surface area contributed by atoms with Crippen LogP contribution in [0.4, 0.5) is 17.5 Å². The fraction of sp³-hybridized carbons (Fsp3) is 0.400. The zero-order valence-corrected chi connectivity index (χ0v) is 20.8. The second-order valence-electron chi connectivity index (χ2n) is 8.61. The van der Waals surface area contributed by atoms with Crippen molar-refractivity contribution in [3.63, 3.8) is 0 Å². The van der Waals surface area contributed by atoms with Crippen molar-refractivity contribution in [2.24, 2.45) is 0 Å². The van der Waals surface area contributed by atoms with E-state index in [4.69, 9.17) is 14.5 Å². The van der Waals surface area contributed by atoms with Gasteiger partial charge in [0.2, 0.25) is 0 Å². The molecule has 1 aliphatic rings. The van der Waals surface area contributed by atoms with E-state index in [1.54, 1.807) is 14.2 Å². The summed E-state index contributed by atoms with van der Waals surface area (Å²) in [5.74, 6) is 4.15. The minimum atomic E-state index is 0.575. The topological polar surface area (TPSA) is 103 Å². The standard InChI is InChI=1S/C25H34N8O2/c1-18-13-25(31-30-18)29-24-17-23(26-7-8-33-11-9-32(2)10-12-33)27-22(28-24)6-5-19-14-20(34-3)16-21(15-19)35-4/h5-6,13-17H,7-12H2,1-4H3,(H3,26,27,28,29,30,31)/b6-5+. The first-order chi connectivity index (χ1) is 17.0. The number of methoxy groups -OCH3 is 2. The molecule has 10 heteroatoms. The molecule has 1 saturated heterocycles. The molecule has 4 rings (SSSR count). The molecule has 35 heavy (non-hydrogen) atoms. The number of rotatable bonds is 10. The van der Waals surface area contributed by atoms with Crippen molar-refractivity contribution >= 4 is 29.6 Å². The fourth-order valence-corrected chi connectivity index (χ4v) is 3.82. The van der Waals surface area contributed by atoms with Crippen LogP contribution in [0.3, 0.4) is 0 Å². The van der Waals surface area contributed by atoms with Gasteiger partial charge in [-0.1, -0.05) is 6.08 Å². The summed E-state index contributed by atoms with van der Waals surface area (Å²) in [6.07, 6.45) is 3.82. The van der Waals surface area contributed by atoms with Gasteiger partial charge in [-0.05, 0) is 37.7 Å². The van der Waals surface area contributed by atoms with E-state index in [0.717, 1.165) is 67.8 Å². The number of aromatic nitrogens is 4. The van der Waals surface area contributed by atoms with Gasteiger partial charge in [0.15, 0.2) is 11.6 Å². The maximum atomic E-state index is 5.37. The Labute approximate surface area is 206 Å². The van der Waals surface area contributed by atoms with Crippen molar-refractivity contribution in [3.05, 3.63) is 47.4 Å². The Bertz CT molecular complexity index is 1120. The van der Waals surface area contributed by atoms with E-state index < -0.39 is 0 Å². The second-order valence-corrected chi connectivity index (χ2v) is 8.61. The van der Waals surface area contributed by atoms with Crippen LogP contribution in [0.2, 0.25) is 0 Å². The molecule has 3 N–H and O–H groups in total. The van der Waals surface area contributed by atoms with Crippen molar-refractivity contribution in [3.8, 4) is 11.5 Å². The van der Waals surface area contributed by atoms with E-state index in [-0.39, 0.29) is 0 Å². The van der Waals surface area contributed by atoms with E-state index in [2.05, 4.69) is 42.7 Å². The van der Waals surface area contributed by atoms with Crippen LogP contribution < -0.4 is 20.1 Å². The molecule has 0 atom stereocenters. The summed E-state index contributed by atoms with van der Waals surface area (Å²) < 4.78 is 10.7. The number of aryl methyl sites for hydroxylation is 1. The van der Waals surface area contributed by atoms with Crippen LogP contribution in [-0.2, 0) is 0 Å². The number of ether oxygens (including phenoxy) is 2. The molecule has 1 aliphatic heterocycles. The Hall–Kier alpha value is -3.63. The molecule has 2 aromatic heterocycles. The van der Waals surface area contributed by atoms with Gasteiger partial charge in [-0.3, -0.25) is 10.00 Å². The number of benzene rings is 1. The third kappa shape index (κ3) is 7.17. The first kappa shape index (κ1) is 24.5. The largest absolute Gasteiger partial charge is 0.497 e. The fourth-order valence-electron chi connectivity index (χ4n) is 3.82. The second kappa shape index (κ2) is 11.7. The van der Waals surface area contributed by atoms with Crippen LogP contribution in [0.25, 0.3) is 12.2 Å². The molecular formula is C25H34N8O2. The minimum absolute atomic E-state index is 0.575. The van der Waals surface area contributed by atoms with E-state index in [1.165, 1.54) is 0 Å². The van der Waals surface area contributed by atoms with Crippen LogP contribution >= 0.6 is 0 Å². The molecule has 0 spiro atoms. The monoisotopic (exact) mass is 478 g/mol. The number of nitrogens with zero attached hydrogens (tertiary/aromatic N) is 5. The average molecular weight is 479 g/mol. The number of aromatic amines is 1. The van der Waals surface area contributed by atoms with Gasteiger partial charge >= 0.3 is 0 Å². The molecule has 0 radical (unpaired) electrons. The lowest BCUT2D eigenvalue weighted by molar-refractivity contribution is 0.158. The van der Waals surface area contributed by atoms with Crippen LogP contribution in [0, 0.1) is 6.92 Å². The third-order valence-electron chi connectivity index (χ3n) is 5.83. The molecule has 0 bridgehead atoms. The van der Waals surface area contributed by atoms with Crippen LogP contribution in [-0.4, -0.2) is 90.5 Å². The van der Waals surface area contributed by atoms with E-state index in [1.807, 2.05) is 49.4 Å². The lowest BCUT2D eigenvalue weighted by Gasteiger charge is -2.32. The van der Waals surface area contributed by atoms with Crippen molar-refractivity contribution in [1.29, 1.82) is 0 Å². The Kier molecular flexibility index (Phi) is 8.17. The molecule has 1 fully saturated rings. The highest BCUT2D eigenvalue weighted by molar-refractivity contribution is 5.70. The van der Waals surface area contributed by atoms with E-state index in [0.29, 0.717) is 17.5 Å². The molecule has 1 aromatic carbocycles. The summed E-state index contributed by atoms with van der Waals surface area (Å²) in [4.78, 5) is 14.2. The normalized spacial score (nSPS) is 14.9. The maximum Gasteiger partial charge on any atom is 0.156 e. The van der Waals surface area contributed by atoms with Crippen LogP contribution in [0.1, 0.15) is 17.1 Å². The summed E-state index contributed by atoms with van der Waals surface area (Å²) in [6, 6.07) is 9.54. The molecule has 0 amide bonds. The number of hydrogen-bond acceptors (Lipinski definition) is 9. The highest BCUT2D eigenvalue weighted by atomic mass is 16.5. The first-order valence-electron chi connectivity index (χ1n) is 11.7. The van der Waals surface area contributed by atoms with Crippen LogP contribution in [0.5, 0.6) is 11.5 Å². The Morgan fingerprint density at radius 2 is 1.63 bits per heavy atom. The van der Waals surface area contributed by atoms with E-state index >= 15 is 0 Å². The quantitative estimate of drug-likeness (QED) is 0.405. The van der Waals surface area contributed by atoms with Crippen molar-refractivity contribution in [1.82, 2.24) is 30.0 Å². The summed E-state index contributed by atoms with van der Waals surface area (Å²) in [5, 5.41) is 13.9. The van der Waals surface area contributed by atoms with Gasteiger partial charge < -0.3 is 25.0 Å². The lowest BCUT2D eigenvalue weighted by Crippen LogP contribution is -2.45. The van der Waals surface area contributed by atoms with Crippen molar-refractivity contribution < 1.29 is 9.47 Å². The van der Waals surface area contributed by atoms with Gasteiger partial charge in [-0.2, -0.15) is 5.10 Å². The number of nitrogens with one attached hydrogen (secondary N) is 3. The third-order valence-corrected chi connectivity index (χ3v) is 5.83. The molecule has 10 nitrogen and oxygen atoms in total. The van der Waals surface area contributed by atoms with E-state index in [9.17, 15) is 0 Å². The average Bonchev–Trinajstić information content (AvgIpc) is 3.28. The molecule has 0 aliphatic carbocycles. The predicted molar refractivity (Wildman–Crippen MR) is 140 cm³/mol. The van der Waals surface area contributed by atoms with Gasteiger partial charge in [0.05, 0.1) is 14.2 Å². The number of H-pyrrole nitrogens is 1. The highest BCUT2D eigenvalue weighted by Gasteiger charge is 2.13. The SMILES string of the molecule is COc1cc(/C=C/c2nc(NCCN3CCN(C)CC3)cc(Nc3cc(C)[nH]n3)n2)cc(OC)c1. The van der Waals surface area contributed by atoms with Gasteiger partial charge in [-0.25, -0.2) is 9.97 Å². The molecule has 3 aromatic rings. The molecule has 0 saturated carbocycles. The number of likely N-dealkylation sites (N-methyl/N-ethyl adjacent to an activating group) is 1. The summed E-state index contributed by atoms with van der Waals surface area (Å²) >= 11 is 0. The lowest BCUT2D eigenvalue weighted by atomic mass is 10.2. The Balaban J connectivity index is 1.51. The van der Waals surface area contributed by atoms with Crippen molar-refractivity contribution in [2.45, 2.75) is 6.92 Å². The highest BCUT2D eigenvalue weighted by Crippen LogP contribution is 2.24. The minimum Gasteiger partial charge on any atom is -0.497 e. The maximum absolute atomic E-state index is 5.37. The van der Waals surface area contributed by atoms with Crippen LogP contribution in [0.15, 0.2) is 30.3 Å². The molecular weight excluding hydrogens is 444 g/mol. The number of anilines is 3. The van der Waals surface area contributed by atoms with Gasteiger partial charge in [-0.15, -0.1) is 0 Å². The predicted octanol–water partition coefficient (Wildman–Crippen LogP) is 3.10. The summed E-state index contributed by atoms with van der Waals surface area (Å²) in [5.41, 5.74) is 1.90. The smallest absolute Gasteiger partial charge is 0.156 e. The van der Waals surface area contributed by atoms with Gasteiger partial charge in [0.1, 0.15) is 23.1 Å². The van der Waals surface area contributed by atoms with Gasteiger partial charge in [0, 0.05) is 63.2 Å². The number of piperazine rings is 1. The van der Waals surface area contributed by atoms with Crippen molar-refractivity contribution in [2.75, 3.05) is 71.2 Å². The van der Waals surface area contributed by atoms with Gasteiger partial charge in [0.25, 0.3) is 0 Å². The first-order valence-corrected chi connectivity index (χ1v) is 11.7. The molecule has 3 heterocycles. The number of hydrogen-bond donors (Lipinski definition) is 3. The Morgan fingerprint density at radius 1 is 0.914 bits per heavy atom. The molecule has 186 valence electrons. The molecule has 0 unspecified atom stereocenters. The Morgan fingerprint density at radius 3 is 2.29 bits per heavy atom. The summed E-state index contributed by atoms with van der Waals surface area (Å²) in [7, 11) is 5.44. The zero-order valence-electron chi connectivity index (χ0n) is 20.8.